The van der Waals surface area contributed by atoms with E-state index in [2.05, 4.69) is 9.62 Å². The molecule has 1 aliphatic heterocycles. The number of ether oxygens (including phenoxy) is 1. The Balaban J connectivity index is 1.71. The lowest BCUT2D eigenvalue weighted by molar-refractivity contribution is 0.0342. The van der Waals surface area contributed by atoms with Crippen LogP contribution in [-0.2, 0) is 21.3 Å². The fourth-order valence-electron chi connectivity index (χ4n) is 2.77. The van der Waals surface area contributed by atoms with Crippen molar-refractivity contribution >= 4 is 27.3 Å². The molecular formula is C18H21ClN2O3S. The van der Waals surface area contributed by atoms with Gasteiger partial charge < -0.3 is 4.74 Å². The highest BCUT2D eigenvalue weighted by molar-refractivity contribution is 7.92. The molecule has 1 heterocycles. The third-order valence-electron chi connectivity index (χ3n) is 4.16. The molecule has 0 saturated carbocycles. The van der Waals surface area contributed by atoms with E-state index >= 15 is 0 Å². The van der Waals surface area contributed by atoms with Crippen LogP contribution in [0.25, 0.3) is 0 Å². The molecule has 1 aliphatic rings. The van der Waals surface area contributed by atoms with E-state index in [1.807, 2.05) is 12.1 Å². The second-order valence-electron chi connectivity index (χ2n) is 6.10. The number of halogens is 1. The molecular weight excluding hydrogens is 360 g/mol. The van der Waals surface area contributed by atoms with Crippen molar-refractivity contribution in [2.75, 3.05) is 31.0 Å². The molecule has 1 N–H and O–H groups in total. The second-order valence-corrected chi connectivity index (χ2v) is 8.19. The van der Waals surface area contributed by atoms with Gasteiger partial charge in [-0.2, -0.15) is 0 Å². The monoisotopic (exact) mass is 380 g/mol. The molecule has 134 valence electrons. The lowest BCUT2D eigenvalue weighted by Crippen LogP contribution is -2.35. The summed E-state index contributed by atoms with van der Waals surface area (Å²) < 4.78 is 33.1. The first kappa shape index (κ1) is 18.2. The Bertz CT molecular complexity index is 832. The van der Waals surface area contributed by atoms with Crippen molar-refractivity contribution in [3.8, 4) is 0 Å². The Morgan fingerprint density at radius 3 is 2.48 bits per heavy atom. The van der Waals surface area contributed by atoms with Crippen LogP contribution in [0.2, 0.25) is 5.02 Å². The van der Waals surface area contributed by atoms with Gasteiger partial charge in [0.15, 0.2) is 0 Å². The topological polar surface area (TPSA) is 58.6 Å². The van der Waals surface area contributed by atoms with E-state index < -0.39 is 10.0 Å². The average Bonchev–Trinajstić information content (AvgIpc) is 2.59. The van der Waals surface area contributed by atoms with Gasteiger partial charge in [-0.15, -0.1) is 0 Å². The fraction of sp³-hybridized carbons (Fsp3) is 0.333. The van der Waals surface area contributed by atoms with Crippen molar-refractivity contribution in [2.45, 2.75) is 18.4 Å². The molecule has 0 atom stereocenters. The SMILES string of the molecule is Cc1ccc(Cl)cc1S(=O)(=O)Nc1ccc(CN2CCOCC2)cc1. The maximum atomic E-state index is 12.6. The van der Waals surface area contributed by atoms with Gasteiger partial charge in [0.05, 0.1) is 18.1 Å². The van der Waals surface area contributed by atoms with Gasteiger partial charge in [-0.3, -0.25) is 9.62 Å². The van der Waals surface area contributed by atoms with Crippen molar-refractivity contribution < 1.29 is 13.2 Å². The van der Waals surface area contributed by atoms with E-state index in [1.54, 1.807) is 31.2 Å². The second kappa shape index (κ2) is 7.74. The average molecular weight is 381 g/mol. The van der Waals surface area contributed by atoms with Crippen LogP contribution in [-0.4, -0.2) is 39.6 Å². The Hall–Kier alpha value is -1.60. The third kappa shape index (κ3) is 4.73. The quantitative estimate of drug-likeness (QED) is 0.864. The number of hydrogen-bond acceptors (Lipinski definition) is 4. The van der Waals surface area contributed by atoms with Gasteiger partial charge in [0.25, 0.3) is 10.0 Å². The minimum absolute atomic E-state index is 0.192. The van der Waals surface area contributed by atoms with Crippen molar-refractivity contribution in [1.29, 1.82) is 0 Å². The summed E-state index contributed by atoms with van der Waals surface area (Å²) in [7, 11) is -3.67. The zero-order valence-corrected chi connectivity index (χ0v) is 15.6. The number of nitrogens with zero attached hydrogens (tertiary/aromatic N) is 1. The van der Waals surface area contributed by atoms with Crippen LogP contribution in [0.3, 0.4) is 0 Å². The predicted octanol–water partition coefficient (Wildman–Crippen LogP) is 3.28. The van der Waals surface area contributed by atoms with Gasteiger partial charge in [-0.1, -0.05) is 29.8 Å². The van der Waals surface area contributed by atoms with Crippen LogP contribution in [0.15, 0.2) is 47.4 Å². The standard InChI is InChI=1S/C18H21ClN2O3S/c1-14-2-5-16(19)12-18(14)25(22,23)20-17-6-3-15(4-7-17)13-21-8-10-24-11-9-21/h2-7,12,20H,8-11,13H2,1H3. The summed E-state index contributed by atoms with van der Waals surface area (Å²) in [6, 6.07) is 12.3. The van der Waals surface area contributed by atoms with Crippen LogP contribution in [0.4, 0.5) is 5.69 Å². The summed E-state index contributed by atoms with van der Waals surface area (Å²) in [6.45, 7) is 5.94. The van der Waals surface area contributed by atoms with Crippen LogP contribution in [0.5, 0.6) is 0 Å². The molecule has 0 aromatic heterocycles. The number of rotatable bonds is 5. The number of anilines is 1. The summed E-state index contributed by atoms with van der Waals surface area (Å²) in [6.07, 6.45) is 0. The first-order chi connectivity index (χ1) is 11.9. The van der Waals surface area contributed by atoms with E-state index in [4.69, 9.17) is 16.3 Å². The summed E-state index contributed by atoms with van der Waals surface area (Å²) in [5, 5.41) is 0.395. The molecule has 2 aromatic rings. The Morgan fingerprint density at radius 1 is 1.12 bits per heavy atom. The molecule has 0 radical (unpaired) electrons. The molecule has 0 bridgehead atoms. The molecule has 0 aliphatic carbocycles. The predicted molar refractivity (Wildman–Crippen MR) is 99.5 cm³/mol. The molecule has 0 spiro atoms. The number of nitrogens with one attached hydrogen (secondary N) is 1. The van der Waals surface area contributed by atoms with Crippen molar-refractivity contribution in [3.63, 3.8) is 0 Å². The van der Waals surface area contributed by atoms with Gasteiger partial charge in [-0.05, 0) is 42.3 Å². The molecule has 5 nitrogen and oxygen atoms in total. The minimum atomic E-state index is -3.67. The van der Waals surface area contributed by atoms with E-state index in [9.17, 15) is 8.42 Å². The zero-order valence-electron chi connectivity index (χ0n) is 14.0. The summed E-state index contributed by atoms with van der Waals surface area (Å²) >= 11 is 5.93. The van der Waals surface area contributed by atoms with Crippen molar-refractivity contribution in [2.24, 2.45) is 0 Å². The molecule has 2 aromatic carbocycles. The van der Waals surface area contributed by atoms with Gasteiger partial charge in [0, 0.05) is 30.3 Å². The fourth-order valence-corrected chi connectivity index (χ4v) is 4.34. The Labute approximate surface area is 153 Å². The molecule has 0 amide bonds. The van der Waals surface area contributed by atoms with Gasteiger partial charge in [0.1, 0.15) is 0 Å². The third-order valence-corrected chi connectivity index (χ3v) is 5.91. The van der Waals surface area contributed by atoms with Crippen molar-refractivity contribution in [3.05, 3.63) is 58.6 Å². The maximum absolute atomic E-state index is 12.6. The Morgan fingerprint density at radius 2 is 1.80 bits per heavy atom. The number of hydrogen-bond donors (Lipinski definition) is 1. The first-order valence-corrected chi connectivity index (χ1v) is 9.98. The van der Waals surface area contributed by atoms with E-state index in [0.717, 1.165) is 38.4 Å². The number of benzene rings is 2. The molecule has 25 heavy (non-hydrogen) atoms. The van der Waals surface area contributed by atoms with Crippen LogP contribution in [0.1, 0.15) is 11.1 Å². The smallest absolute Gasteiger partial charge is 0.262 e. The maximum Gasteiger partial charge on any atom is 0.262 e. The van der Waals surface area contributed by atoms with E-state index in [0.29, 0.717) is 16.3 Å². The van der Waals surface area contributed by atoms with E-state index in [1.165, 1.54) is 6.07 Å². The molecule has 1 fully saturated rings. The molecule has 7 heteroatoms. The van der Waals surface area contributed by atoms with Gasteiger partial charge in [-0.25, -0.2) is 8.42 Å². The van der Waals surface area contributed by atoms with Crippen LogP contribution >= 0.6 is 11.6 Å². The summed E-state index contributed by atoms with van der Waals surface area (Å²) in [4.78, 5) is 2.51. The first-order valence-electron chi connectivity index (χ1n) is 8.12. The van der Waals surface area contributed by atoms with Gasteiger partial charge in [0.2, 0.25) is 0 Å². The highest BCUT2D eigenvalue weighted by Gasteiger charge is 2.17. The number of sulfonamides is 1. The van der Waals surface area contributed by atoms with Gasteiger partial charge >= 0.3 is 0 Å². The number of aryl methyl sites for hydroxylation is 1. The van der Waals surface area contributed by atoms with Crippen LogP contribution < -0.4 is 4.72 Å². The number of morpholine rings is 1. The van der Waals surface area contributed by atoms with E-state index in [-0.39, 0.29) is 4.90 Å². The minimum Gasteiger partial charge on any atom is -0.379 e. The molecule has 3 rings (SSSR count). The highest BCUT2D eigenvalue weighted by Crippen LogP contribution is 2.23. The summed E-state index contributed by atoms with van der Waals surface area (Å²) in [5.41, 5.74) is 2.33. The highest BCUT2D eigenvalue weighted by atomic mass is 35.5. The lowest BCUT2D eigenvalue weighted by Gasteiger charge is -2.26. The Kier molecular flexibility index (Phi) is 5.64. The molecule has 1 saturated heterocycles. The lowest BCUT2D eigenvalue weighted by atomic mass is 10.2. The normalized spacial score (nSPS) is 15.9. The van der Waals surface area contributed by atoms with Crippen LogP contribution in [0, 0.1) is 6.92 Å². The largest absolute Gasteiger partial charge is 0.379 e. The molecule has 0 unspecified atom stereocenters. The summed E-state index contributed by atoms with van der Waals surface area (Å²) in [5.74, 6) is 0. The zero-order chi connectivity index (χ0) is 17.9. The van der Waals surface area contributed by atoms with Crippen molar-refractivity contribution in [1.82, 2.24) is 4.90 Å².